The number of carbonyl (C=O) groups is 3. The van der Waals surface area contributed by atoms with E-state index in [2.05, 4.69) is 0 Å². The van der Waals surface area contributed by atoms with Gasteiger partial charge in [-0.25, -0.2) is 0 Å². The summed E-state index contributed by atoms with van der Waals surface area (Å²) in [6, 6.07) is 7.45. The van der Waals surface area contributed by atoms with Crippen LogP contribution in [-0.2, 0) is 9.59 Å². The third kappa shape index (κ3) is 4.68. The first-order valence-electron chi connectivity index (χ1n) is 9.21. The number of aryl methyl sites for hydroxylation is 1. The average Bonchev–Trinajstić information content (AvgIpc) is 3.45. The third-order valence-electron chi connectivity index (χ3n) is 5.03. The molecular formula is C20H26N2O3. The van der Waals surface area contributed by atoms with E-state index in [0.717, 1.165) is 31.4 Å². The minimum absolute atomic E-state index is 0.00806. The highest BCUT2D eigenvalue weighted by molar-refractivity contribution is 5.98. The Morgan fingerprint density at radius 2 is 1.56 bits per heavy atom. The second-order valence-electron chi connectivity index (χ2n) is 7.12. The Labute approximate surface area is 149 Å². The van der Waals surface area contributed by atoms with E-state index < -0.39 is 0 Å². The smallest absolute Gasteiger partial charge is 0.225 e. The first kappa shape index (κ1) is 17.6. The molecule has 5 heteroatoms. The Hall–Kier alpha value is -2.17. The van der Waals surface area contributed by atoms with Crippen molar-refractivity contribution >= 4 is 17.6 Å². The van der Waals surface area contributed by atoms with Gasteiger partial charge in [0.05, 0.1) is 0 Å². The Kier molecular flexibility index (Phi) is 5.51. The largest absolute Gasteiger partial charge is 0.341 e. The lowest BCUT2D eigenvalue weighted by atomic mass is 10.0. The summed E-state index contributed by atoms with van der Waals surface area (Å²) >= 11 is 0. The molecular weight excluding hydrogens is 316 g/mol. The fourth-order valence-corrected chi connectivity index (χ4v) is 3.24. The lowest BCUT2D eigenvalue weighted by molar-refractivity contribution is -0.134. The molecule has 134 valence electrons. The number of hydrogen-bond acceptors (Lipinski definition) is 3. The molecule has 25 heavy (non-hydrogen) atoms. The summed E-state index contributed by atoms with van der Waals surface area (Å²) in [6.45, 7) is 4.59. The van der Waals surface area contributed by atoms with Gasteiger partial charge in [-0.05, 0) is 26.2 Å². The van der Waals surface area contributed by atoms with Gasteiger partial charge in [-0.15, -0.1) is 0 Å². The first-order chi connectivity index (χ1) is 12.0. The van der Waals surface area contributed by atoms with Gasteiger partial charge in [0.2, 0.25) is 11.8 Å². The zero-order valence-corrected chi connectivity index (χ0v) is 14.9. The van der Waals surface area contributed by atoms with Gasteiger partial charge in [0.1, 0.15) is 0 Å². The summed E-state index contributed by atoms with van der Waals surface area (Å²) in [5.74, 6) is 0.508. The van der Waals surface area contributed by atoms with Crippen LogP contribution in [0.2, 0.25) is 0 Å². The number of hydrogen-bond donors (Lipinski definition) is 0. The highest BCUT2D eigenvalue weighted by Gasteiger charge is 2.34. The molecule has 0 aromatic heterocycles. The van der Waals surface area contributed by atoms with Gasteiger partial charge in [-0.1, -0.05) is 29.8 Å². The fourth-order valence-electron chi connectivity index (χ4n) is 3.24. The van der Waals surface area contributed by atoms with Crippen molar-refractivity contribution < 1.29 is 14.4 Å². The van der Waals surface area contributed by atoms with Crippen molar-refractivity contribution in [2.24, 2.45) is 5.92 Å². The van der Waals surface area contributed by atoms with Crippen LogP contribution in [0.5, 0.6) is 0 Å². The van der Waals surface area contributed by atoms with E-state index in [0.29, 0.717) is 25.2 Å². The molecule has 2 aliphatic rings. The number of amides is 2. The summed E-state index contributed by atoms with van der Waals surface area (Å²) < 4.78 is 0. The molecule has 1 aromatic carbocycles. The maximum Gasteiger partial charge on any atom is 0.225 e. The predicted octanol–water partition coefficient (Wildman–Crippen LogP) is 2.43. The van der Waals surface area contributed by atoms with Crippen LogP contribution in [0.25, 0.3) is 0 Å². The first-order valence-corrected chi connectivity index (χ1v) is 9.21. The van der Waals surface area contributed by atoms with Crippen molar-refractivity contribution in [3.05, 3.63) is 35.4 Å². The van der Waals surface area contributed by atoms with E-state index >= 15 is 0 Å². The molecule has 2 fully saturated rings. The van der Waals surface area contributed by atoms with Crippen LogP contribution in [0.3, 0.4) is 0 Å². The zero-order valence-electron chi connectivity index (χ0n) is 14.9. The van der Waals surface area contributed by atoms with E-state index in [-0.39, 0.29) is 36.4 Å². The van der Waals surface area contributed by atoms with Crippen molar-refractivity contribution in [2.45, 2.75) is 39.0 Å². The summed E-state index contributed by atoms with van der Waals surface area (Å²) in [4.78, 5) is 40.5. The molecule has 0 radical (unpaired) electrons. The molecule has 1 saturated heterocycles. The van der Waals surface area contributed by atoms with Crippen molar-refractivity contribution in [1.29, 1.82) is 0 Å². The zero-order chi connectivity index (χ0) is 17.8. The standard InChI is InChI=1S/C20H26N2O3/c1-15-3-5-16(6-4-15)18(23)9-10-19(24)21-11-2-12-22(14-13-21)20(25)17-7-8-17/h3-6,17H,2,7-14H2,1H3. The van der Waals surface area contributed by atoms with Gasteiger partial charge in [0.15, 0.2) is 5.78 Å². The average molecular weight is 342 g/mol. The molecule has 0 spiro atoms. The van der Waals surface area contributed by atoms with Crippen LogP contribution in [-0.4, -0.2) is 53.6 Å². The highest BCUT2D eigenvalue weighted by atomic mass is 16.2. The molecule has 0 N–H and O–H groups in total. The van der Waals surface area contributed by atoms with Gasteiger partial charge in [0.25, 0.3) is 0 Å². The van der Waals surface area contributed by atoms with Crippen LogP contribution in [0.4, 0.5) is 0 Å². The van der Waals surface area contributed by atoms with E-state index in [1.165, 1.54) is 0 Å². The number of ketones is 1. The summed E-state index contributed by atoms with van der Waals surface area (Å²) in [6.07, 6.45) is 3.32. The Bertz CT molecular complexity index is 649. The summed E-state index contributed by atoms with van der Waals surface area (Å²) in [7, 11) is 0. The highest BCUT2D eigenvalue weighted by Crippen LogP contribution is 2.31. The van der Waals surface area contributed by atoms with Gasteiger partial charge < -0.3 is 9.80 Å². The second kappa shape index (κ2) is 7.81. The van der Waals surface area contributed by atoms with Gasteiger partial charge in [-0.2, -0.15) is 0 Å². The van der Waals surface area contributed by atoms with E-state index in [4.69, 9.17) is 0 Å². The lowest BCUT2D eigenvalue weighted by Crippen LogP contribution is -2.38. The van der Waals surface area contributed by atoms with Crippen LogP contribution in [0.15, 0.2) is 24.3 Å². The fraction of sp³-hybridized carbons (Fsp3) is 0.550. The van der Waals surface area contributed by atoms with Crippen LogP contribution < -0.4 is 0 Å². The Morgan fingerprint density at radius 1 is 0.920 bits per heavy atom. The Morgan fingerprint density at radius 3 is 2.24 bits per heavy atom. The topological polar surface area (TPSA) is 57.7 Å². The van der Waals surface area contributed by atoms with Crippen LogP contribution in [0.1, 0.15) is 48.0 Å². The van der Waals surface area contributed by atoms with E-state index in [1.54, 1.807) is 0 Å². The minimum atomic E-state index is 0.00806. The molecule has 1 saturated carbocycles. The second-order valence-corrected chi connectivity index (χ2v) is 7.12. The molecule has 5 nitrogen and oxygen atoms in total. The normalized spacial score (nSPS) is 18.0. The van der Waals surface area contributed by atoms with Gasteiger partial charge in [0, 0.05) is 50.5 Å². The van der Waals surface area contributed by atoms with Crippen LogP contribution >= 0.6 is 0 Å². The SMILES string of the molecule is Cc1ccc(C(=O)CCC(=O)N2CCCN(C(=O)C3CC3)CC2)cc1. The number of carbonyl (C=O) groups excluding carboxylic acids is 3. The summed E-state index contributed by atoms with van der Waals surface area (Å²) in [5, 5.41) is 0. The maximum atomic E-state index is 12.4. The summed E-state index contributed by atoms with van der Waals surface area (Å²) in [5.41, 5.74) is 1.78. The molecule has 1 heterocycles. The maximum absolute atomic E-state index is 12.4. The number of Topliss-reactive ketones (excluding diaryl/α,β-unsaturated/α-hetero) is 1. The molecule has 0 bridgehead atoms. The minimum Gasteiger partial charge on any atom is -0.341 e. The molecule has 3 rings (SSSR count). The Balaban J connectivity index is 1.47. The quantitative estimate of drug-likeness (QED) is 0.772. The third-order valence-corrected chi connectivity index (χ3v) is 5.03. The molecule has 1 aliphatic heterocycles. The predicted molar refractivity (Wildman–Crippen MR) is 95.2 cm³/mol. The lowest BCUT2D eigenvalue weighted by Gasteiger charge is -2.22. The van der Waals surface area contributed by atoms with E-state index in [9.17, 15) is 14.4 Å². The number of nitrogens with zero attached hydrogens (tertiary/aromatic N) is 2. The van der Waals surface area contributed by atoms with Crippen molar-refractivity contribution in [2.75, 3.05) is 26.2 Å². The molecule has 0 unspecified atom stereocenters. The van der Waals surface area contributed by atoms with Crippen molar-refractivity contribution in [3.63, 3.8) is 0 Å². The molecule has 1 aliphatic carbocycles. The van der Waals surface area contributed by atoms with Gasteiger partial charge >= 0.3 is 0 Å². The molecule has 1 aromatic rings. The van der Waals surface area contributed by atoms with Crippen LogP contribution in [0, 0.1) is 12.8 Å². The van der Waals surface area contributed by atoms with E-state index in [1.807, 2.05) is 41.0 Å². The molecule has 0 atom stereocenters. The number of rotatable bonds is 5. The van der Waals surface area contributed by atoms with Crippen molar-refractivity contribution in [1.82, 2.24) is 9.80 Å². The number of benzene rings is 1. The van der Waals surface area contributed by atoms with Crippen molar-refractivity contribution in [3.8, 4) is 0 Å². The monoisotopic (exact) mass is 342 g/mol. The molecule has 2 amide bonds. The van der Waals surface area contributed by atoms with Gasteiger partial charge in [-0.3, -0.25) is 14.4 Å².